The lowest BCUT2D eigenvalue weighted by Gasteiger charge is -2.24. The van der Waals surface area contributed by atoms with Crippen LogP contribution in [0.1, 0.15) is 21.5 Å². The number of nitrogens with zero attached hydrogens (tertiary/aromatic N) is 1. The SMILES string of the molecule is COC(=O)c1ccc(C)c(NC(=O)CN(c2ccccc2F)S(=O)(=O)c2ccc(C)cc2)c1. The standard InChI is InChI=1S/C24H23FN2O5S/c1-16-8-12-19(13-9-16)33(30,31)27(22-7-5-4-6-20(22)25)15-23(28)26-21-14-18(24(29)32-3)11-10-17(21)2/h4-14H,15H2,1-3H3,(H,26,28). The van der Waals surface area contributed by atoms with E-state index < -0.39 is 34.3 Å². The molecular weight excluding hydrogens is 447 g/mol. The van der Waals surface area contributed by atoms with Crippen molar-refractivity contribution in [3.05, 3.63) is 89.2 Å². The van der Waals surface area contributed by atoms with Crippen LogP contribution in [0.25, 0.3) is 0 Å². The molecule has 0 atom stereocenters. The van der Waals surface area contributed by atoms with Crippen LogP contribution in [0.3, 0.4) is 0 Å². The highest BCUT2D eigenvalue weighted by Crippen LogP contribution is 2.27. The van der Waals surface area contributed by atoms with Crippen LogP contribution in [0.2, 0.25) is 0 Å². The molecule has 0 aliphatic rings. The quantitative estimate of drug-likeness (QED) is 0.526. The van der Waals surface area contributed by atoms with Gasteiger partial charge in [-0.1, -0.05) is 35.9 Å². The van der Waals surface area contributed by atoms with Crippen molar-refractivity contribution in [2.24, 2.45) is 0 Å². The van der Waals surface area contributed by atoms with Crippen LogP contribution in [0, 0.1) is 19.7 Å². The normalized spacial score (nSPS) is 11.0. The number of rotatable bonds is 7. The lowest BCUT2D eigenvalue weighted by molar-refractivity contribution is -0.114. The van der Waals surface area contributed by atoms with Gasteiger partial charge in [-0.15, -0.1) is 0 Å². The Balaban J connectivity index is 1.96. The number of carbonyl (C=O) groups excluding carboxylic acids is 2. The average Bonchev–Trinajstić information content (AvgIpc) is 2.79. The number of nitrogens with one attached hydrogen (secondary N) is 1. The fraction of sp³-hybridized carbons (Fsp3) is 0.167. The van der Waals surface area contributed by atoms with Gasteiger partial charge in [-0.05, 0) is 55.8 Å². The van der Waals surface area contributed by atoms with Crippen molar-refractivity contribution in [1.82, 2.24) is 0 Å². The number of methoxy groups -OCH3 is 1. The van der Waals surface area contributed by atoms with Gasteiger partial charge in [0, 0.05) is 5.69 Å². The first-order chi connectivity index (χ1) is 15.6. The van der Waals surface area contributed by atoms with Crippen molar-refractivity contribution >= 4 is 33.3 Å². The van der Waals surface area contributed by atoms with Crippen molar-refractivity contribution in [2.75, 3.05) is 23.3 Å². The van der Waals surface area contributed by atoms with Crippen LogP contribution in [0.15, 0.2) is 71.6 Å². The van der Waals surface area contributed by atoms with E-state index in [1.165, 1.54) is 43.5 Å². The lowest BCUT2D eigenvalue weighted by atomic mass is 10.1. The number of para-hydroxylation sites is 1. The van der Waals surface area contributed by atoms with E-state index in [0.717, 1.165) is 15.9 Å². The maximum Gasteiger partial charge on any atom is 0.337 e. The molecule has 0 saturated heterocycles. The van der Waals surface area contributed by atoms with E-state index in [4.69, 9.17) is 4.74 Å². The molecule has 0 unspecified atom stereocenters. The Kier molecular flexibility index (Phi) is 7.13. The summed E-state index contributed by atoms with van der Waals surface area (Å²) in [6, 6.07) is 16.0. The number of anilines is 2. The lowest BCUT2D eigenvalue weighted by Crippen LogP contribution is -2.38. The second kappa shape index (κ2) is 9.83. The van der Waals surface area contributed by atoms with Gasteiger partial charge < -0.3 is 10.1 Å². The van der Waals surface area contributed by atoms with Crippen LogP contribution in [-0.4, -0.2) is 33.9 Å². The second-order valence-electron chi connectivity index (χ2n) is 7.35. The van der Waals surface area contributed by atoms with Gasteiger partial charge in [0.05, 0.1) is 23.3 Å². The monoisotopic (exact) mass is 470 g/mol. The van der Waals surface area contributed by atoms with Crippen molar-refractivity contribution < 1.29 is 27.1 Å². The fourth-order valence-electron chi connectivity index (χ4n) is 3.11. The number of sulfonamides is 1. The topological polar surface area (TPSA) is 92.8 Å². The molecule has 7 nitrogen and oxygen atoms in total. The zero-order valence-electron chi connectivity index (χ0n) is 18.3. The van der Waals surface area contributed by atoms with Gasteiger partial charge in [-0.2, -0.15) is 0 Å². The van der Waals surface area contributed by atoms with E-state index in [0.29, 0.717) is 11.3 Å². The summed E-state index contributed by atoms with van der Waals surface area (Å²) >= 11 is 0. The Morgan fingerprint density at radius 3 is 2.30 bits per heavy atom. The van der Waals surface area contributed by atoms with Crippen molar-refractivity contribution in [1.29, 1.82) is 0 Å². The molecule has 0 aliphatic carbocycles. The highest BCUT2D eigenvalue weighted by Gasteiger charge is 2.29. The number of ether oxygens (including phenoxy) is 1. The predicted octanol–water partition coefficient (Wildman–Crippen LogP) is 4.06. The summed E-state index contributed by atoms with van der Waals surface area (Å²) in [6.45, 7) is 2.84. The van der Waals surface area contributed by atoms with Crippen molar-refractivity contribution in [3.63, 3.8) is 0 Å². The van der Waals surface area contributed by atoms with Crippen molar-refractivity contribution in [3.8, 4) is 0 Å². The van der Waals surface area contributed by atoms with Gasteiger partial charge in [0.15, 0.2) is 0 Å². The molecule has 0 fully saturated rings. The van der Waals surface area contributed by atoms with Crippen LogP contribution >= 0.6 is 0 Å². The minimum Gasteiger partial charge on any atom is -0.465 e. The zero-order valence-corrected chi connectivity index (χ0v) is 19.1. The van der Waals surface area contributed by atoms with Crippen LogP contribution in [0.4, 0.5) is 15.8 Å². The Bertz CT molecular complexity index is 1290. The molecule has 3 rings (SSSR count). The molecule has 1 N–H and O–H groups in total. The molecule has 0 radical (unpaired) electrons. The second-order valence-corrected chi connectivity index (χ2v) is 9.21. The Morgan fingerprint density at radius 1 is 1.00 bits per heavy atom. The minimum absolute atomic E-state index is 0.0759. The molecular formula is C24H23FN2O5S. The van der Waals surface area contributed by atoms with Crippen LogP contribution < -0.4 is 9.62 Å². The fourth-order valence-corrected chi connectivity index (χ4v) is 4.54. The molecule has 1 amide bonds. The Labute approximate surface area is 191 Å². The van der Waals surface area contributed by atoms with Gasteiger partial charge >= 0.3 is 5.97 Å². The number of aryl methyl sites for hydroxylation is 2. The summed E-state index contributed by atoms with van der Waals surface area (Å²) in [4.78, 5) is 24.6. The maximum atomic E-state index is 14.6. The molecule has 0 aromatic heterocycles. The number of halogens is 1. The molecule has 0 spiro atoms. The van der Waals surface area contributed by atoms with E-state index in [1.807, 2.05) is 6.92 Å². The van der Waals surface area contributed by atoms with Crippen LogP contribution in [0.5, 0.6) is 0 Å². The summed E-state index contributed by atoms with van der Waals surface area (Å²) in [7, 11) is -3.02. The summed E-state index contributed by atoms with van der Waals surface area (Å²) in [5.74, 6) is -2.08. The Morgan fingerprint density at radius 2 is 1.67 bits per heavy atom. The first-order valence-corrected chi connectivity index (χ1v) is 11.4. The number of carbonyl (C=O) groups is 2. The summed E-state index contributed by atoms with van der Waals surface area (Å²) < 4.78 is 46.7. The van der Waals surface area contributed by atoms with Crippen molar-refractivity contribution in [2.45, 2.75) is 18.7 Å². The van der Waals surface area contributed by atoms with Crippen LogP contribution in [-0.2, 0) is 19.6 Å². The highest BCUT2D eigenvalue weighted by molar-refractivity contribution is 7.92. The zero-order chi connectivity index (χ0) is 24.2. The molecule has 3 aromatic carbocycles. The summed E-state index contributed by atoms with van der Waals surface area (Å²) in [5.41, 5.74) is 1.77. The maximum absolute atomic E-state index is 14.6. The van der Waals surface area contributed by atoms with Gasteiger partial charge in [0.2, 0.25) is 5.91 Å². The molecule has 0 aliphatic heterocycles. The molecule has 3 aromatic rings. The van der Waals surface area contributed by atoms with Gasteiger partial charge in [0.25, 0.3) is 10.0 Å². The third-order valence-electron chi connectivity index (χ3n) is 4.95. The number of hydrogen-bond acceptors (Lipinski definition) is 5. The molecule has 0 heterocycles. The molecule has 9 heteroatoms. The number of hydrogen-bond donors (Lipinski definition) is 1. The molecule has 0 saturated carbocycles. The molecule has 0 bridgehead atoms. The summed E-state index contributed by atoms with van der Waals surface area (Å²) in [5, 5.41) is 2.61. The van der Waals surface area contributed by atoms with Gasteiger partial charge in [-0.3, -0.25) is 9.10 Å². The predicted molar refractivity (Wildman–Crippen MR) is 123 cm³/mol. The summed E-state index contributed by atoms with van der Waals surface area (Å²) in [6.07, 6.45) is 0. The third-order valence-corrected chi connectivity index (χ3v) is 6.72. The molecule has 172 valence electrons. The average molecular weight is 471 g/mol. The van der Waals surface area contributed by atoms with E-state index >= 15 is 0 Å². The van der Waals surface area contributed by atoms with E-state index in [1.54, 1.807) is 31.2 Å². The van der Waals surface area contributed by atoms with E-state index in [9.17, 15) is 22.4 Å². The third kappa shape index (κ3) is 5.38. The minimum atomic E-state index is -4.26. The smallest absolute Gasteiger partial charge is 0.337 e. The van der Waals surface area contributed by atoms with E-state index in [-0.39, 0.29) is 16.1 Å². The van der Waals surface area contributed by atoms with E-state index in [2.05, 4.69) is 5.32 Å². The van der Waals surface area contributed by atoms with Gasteiger partial charge in [-0.25, -0.2) is 17.6 Å². The first kappa shape index (κ1) is 23.9. The molecule has 33 heavy (non-hydrogen) atoms. The largest absolute Gasteiger partial charge is 0.465 e. The number of benzene rings is 3. The van der Waals surface area contributed by atoms with Gasteiger partial charge in [0.1, 0.15) is 12.4 Å². The number of amides is 1. The number of esters is 1. The first-order valence-electron chi connectivity index (χ1n) is 9.96. The Hall–Kier alpha value is -3.72. The highest BCUT2D eigenvalue weighted by atomic mass is 32.2.